The molecular weight excluding hydrogens is 398 g/mol. The van der Waals surface area contributed by atoms with Crippen molar-refractivity contribution in [3.05, 3.63) is 89.5 Å². The standard InChI is InChI=1S/C23H17N3O5/c27-21(14-7-8-17-18(11-14)31-13-30-17)19-20(16-6-2-4-10-25-16)26(23(29)22(19)28)12-15-5-1-3-9-24-15/h1-11,20,27H,12-13H2/b21-19-. The van der Waals surface area contributed by atoms with Gasteiger partial charge in [0.05, 0.1) is 23.5 Å². The van der Waals surface area contributed by atoms with Gasteiger partial charge in [-0.3, -0.25) is 19.6 Å². The van der Waals surface area contributed by atoms with Gasteiger partial charge in [-0.2, -0.15) is 0 Å². The van der Waals surface area contributed by atoms with Crippen LogP contribution in [0.3, 0.4) is 0 Å². The molecule has 0 aliphatic carbocycles. The topological polar surface area (TPSA) is 102 Å². The second-order valence-electron chi connectivity index (χ2n) is 7.07. The monoisotopic (exact) mass is 415 g/mol. The molecule has 1 aromatic carbocycles. The van der Waals surface area contributed by atoms with Gasteiger partial charge in [0.1, 0.15) is 11.8 Å². The number of likely N-dealkylation sites (tertiary alicyclic amines) is 1. The largest absolute Gasteiger partial charge is 0.507 e. The summed E-state index contributed by atoms with van der Waals surface area (Å²) in [5, 5.41) is 11.1. The minimum atomic E-state index is -0.853. The van der Waals surface area contributed by atoms with E-state index in [1.807, 2.05) is 0 Å². The Balaban J connectivity index is 1.63. The molecule has 3 aromatic rings. The third-order valence-corrected chi connectivity index (χ3v) is 5.21. The van der Waals surface area contributed by atoms with E-state index in [0.29, 0.717) is 28.5 Å². The predicted octanol–water partition coefficient (Wildman–Crippen LogP) is 2.83. The summed E-state index contributed by atoms with van der Waals surface area (Å²) in [7, 11) is 0. The number of carbonyl (C=O) groups excluding carboxylic acids is 2. The zero-order chi connectivity index (χ0) is 21.4. The maximum Gasteiger partial charge on any atom is 0.296 e. The molecule has 1 atom stereocenters. The number of hydrogen-bond acceptors (Lipinski definition) is 7. The zero-order valence-corrected chi connectivity index (χ0v) is 16.3. The number of nitrogens with zero attached hydrogens (tertiary/aromatic N) is 3. The van der Waals surface area contributed by atoms with Crippen LogP contribution in [0.5, 0.6) is 11.5 Å². The van der Waals surface area contributed by atoms with Gasteiger partial charge in [-0.05, 0) is 42.5 Å². The zero-order valence-electron chi connectivity index (χ0n) is 16.3. The van der Waals surface area contributed by atoms with E-state index in [9.17, 15) is 14.7 Å². The molecule has 2 aliphatic rings. The molecule has 0 radical (unpaired) electrons. The van der Waals surface area contributed by atoms with Crippen molar-refractivity contribution in [2.24, 2.45) is 0 Å². The van der Waals surface area contributed by atoms with Crippen molar-refractivity contribution in [1.82, 2.24) is 14.9 Å². The summed E-state index contributed by atoms with van der Waals surface area (Å²) in [6.07, 6.45) is 3.20. The van der Waals surface area contributed by atoms with Crippen molar-refractivity contribution >= 4 is 17.4 Å². The number of hydrogen-bond donors (Lipinski definition) is 1. The van der Waals surface area contributed by atoms with E-state index in [1.165, 1.54) is 4.90 Å². The highest BCUT2D eigenvalue weighted by atomic mass is 16.7. The number of benzene rings is 1. The Morgan fingerprint density at radius 1 is 1.00 bits per heavy atom. The number of fused-ring (bicyclic) bond motifs is 1. The molecule has 154 valence electrons. The number of aliphatic hydroxyl groups is 1. The van der Waals surface area contributed by atoms with Crippen molar-refractivity contribution in [1.29, 1.82) is 0 Å². The molecule has 2 aliphatic heterocycles. The Morgan fingerprint density at radius 2 is 1.77 bits per heavy atom. The second kappa shape index (κ2) is 7.56. The first-order valence-corrected chi connectivity index (χ1v) is 9.63. The third kappa shape index (κ3) is 3.28. The van der Waals surface area contributed by atoms with E-state index >= 15 is 0 Å². The van der Waals surface area contributed by atoms with Crippen LogP contribution in [0.4, 0.5) is 0 Å². The van der Waals surface area contributed by atoms with Crippen LogP contribution in [0.25, 0.3) is 5.76 Å². The molecule has 0 bridgehead atoms. The highest BCUT2D eigenvalue weighted by Gasteiger charge is 2.47. The number of carbonyl (C=O) groups is 2. The summed E-state index contributed by atoms with van der Waals surface area (Å²) < 4.78 is 10.7. The molecule has 4 heterocycles. The lowest BCUT2D eigenvalue weighted by atomic mass is 9.98. The smallest absolute Gasteiger partial charge is 0.296 e. The highest BCUT2D eigenvalue weighted by molar-refractivity contribution is 6.46. The number of Topliss-reactive ketones (excluding diaryl/α,β-unsaturated/α-hetero) is 1. The molecule has 31 heavy (non-hydrogen) atoms. The predicted molar refractivity (Wildman–Crippen MR) is 109 cm³/mol. The minimum Gasteiger partial charge on any atom is -0.507 e. The lowest BCUT2D eigenvalue weighted by Crippen LogP contribution is -2.29. The lowest BCUT2D eigenvalue weighted by molar-refractivity contribution is -0.140. The Hall–Kier alpha value is -4.20. The van der Waals surface area contributed by atoms with Crippen molar-refractivity contribution in [2.45, 2.75) is 12.6 Å². The average Bonchev–Trinajstić information content (AvgIpc) is 3.38. The van der Waals surface area contributed by atoms with Crippen LogP contribution < -0.4 is 9.47 Å². The van der Waals surface area contributed by atoms with Crippen LogP contribution in [0.2, 0.25) is 0 Å². The Labute approximate surface area is 177 Å². The van der Waals surface area contributed by atoms with Crippen molar-refractivity contribution < 1.29 is 24.2 Å². The number of aromatic nitrogens is 2. The van der Waals surface area contributed by atoms with E-state index in [1.54, 1.807) is 67.0 Å². The van der Waals surface area contributed by atoms with Crippen LogP contribution in [0.15, 0.2) is 72.6 Å². The fraction of sp³-hybridized carbons (Fsp3) is 0.130. The van der Waals surface area contributed by atoms with Crippen molar-refractivity contribution in [2.75, 3.05) is 6.79 Å². The molecule has 0 saturated carbocycles. The summed E-state index contributed by atoms with van der Waals surface area (Å²) in [5.41, 5.74) is 1.41. The summed E-state index contributed by atoms with van der Waals surface area (Å²) >= 11 is 0. The van der Waals surface area contributed by atoms with E-state index < -0.39 is 17.7 Å². The van der Waals surface area contributed by atoms with E-state index in [-0.39, 0.29) is 24.7 Å². The van der Waals surface area contributed by atoms with Gasteiger partial charge in [-0.1, -0.05) is 12.1 Å². The van der Waals surface area contributed by atoms with Gasteiger partial charge in [-0.25, -0.2) is 0 Å². The van der Waals surface area contributed by atoms with Gasteiger partial charge >= 0.3 is 0 Å². The van der Waals surface area contributed by atoms with Crippen molar-refractivity contribution in [3.8, 4) is 11.5 Å². The number of ketones is 1. The molecule has 1 amide bonds. The lowest BCUT2D eigenvalue weighted by Gasteiger charge is -2.24. The van der Waals surface area contributed by atoms with Gasteiger partial charge in [0, 0.05) is 18.0 Å². The Bertz CT molecular complexity index is 1190. The van der Waals surface area contributed by atoms with Gasteiger partial charge in [-0.15, -0.1) is 0 Å². The molecule has 8 heteroatoms. The molecule has 5 rings (SSSR count). The Kier molecular flexibility index (Phi) is 4.59. The van der Waals surface area contributed by atoms with Crippen LogP contribution >= 0.6 is 0 Å². The first-order valence-electron chi connectivity index (χ1n) is 9.63. The molecule has 2 aromatic heterocycles. The minimum absolute atomic E-state index is 0.0292. The third-order valence-electron chi connectivity index (χ3n) is 5.21. The van der Waals surface area contributed by atoms with E-state index in [4.69, 9.17) is 9.47 Å². The fourth-order valence-corrected chi connectivity index (χ4v) is 3.75. The van der Waals surface area contributed by atoms with Gasteiger partial charge in [0.15, 0.2) is 11.5 Å². The second-order valence-corrected chi connectivity index (χ2v) is 7.07. The summed E-state index contributed by atoms with van der Waals surface area (Å²) in [5.74, 6) is -0.782. The quantitative estimate of drug-likeness (QED) is 0.397. The number of pyridine rings is 2. The Morgan fingerprint density at radius 3 is 2.52 bits per heavy atom. The van der Waals surface area contributed by atoms with Crippen LogP contribution in [0.1, 0.15) is 23.0 Å². The summed E-state index contributed by atoms with van der Waals surface area (Å²) in [6.45, 7) is 0.187. The van der Waals surface area contributed by atoms with Gasteiger partial charge < -0.3 is 19.5 Å². The first kappa shape index (κ1) is 18.8. The summed E-state index contributed by atoms with van der Waals surface area (Å²) in [6, 6.07) is 14.6. The fourth-order valence-electron chi connectivity index (χ4n) is 3.75. The average molecular weight is 415 g/mol. The normalized spacial score (nSPS) is 19.1. The molecule has 1 N–H and O–H groups in total. The van der Waals surface area contributed by atoms with Crippen molar-refractivity contribution in [3.63, 3.8) is 0 Å². The molecule has 8 nitrogen and oxygen atoms in total. The van der Waals surface area contributed by atoms with Crippen LogP contribution in [-0.2, 0) is 16.1 Å². The SMILES string of the molecule is O=C1C(=O)N(Cc2ccccn2)C(c2ccccn2)/C1=C(/O)c1ccc2c(c1)OCO2. The molecular formula is C23H17N3O5. The van der Waals surface area contributed by atoms with E-state index in [0.717, 1.165) is 0 Å². The highest BCUT2D eigenvalue weighted by Crippen LogP contribution is 2.41. The molecule has 1 fully saturated rings. The van der Waals surface area contributed by atoms with Crippen LogP contribution in [-0.4, -0.2) is 38.5 Å². The maximum absolute atomic E-state index is 13.0. The number of amides is 1. The van der Waals surface area contributed by atoms with Gasteiger partial charge in [0.25, 0.3) is 11.7 Å². The summed E-state index contributed by atoms with van der Waals surface area (Å²) in [4.78, 5) is 36.0. The van der Waals surface area contributed by atoms with Gasteiger partial charge in [0.2, 0.25) is 6.79 Å². The molecule has 0 spiro atoms. The first-order chi connectivity index (χ1) is 15.1. The number of rotatable bonds is 4. The van der Waals surface area contributed by atoms with E-state index in [2.05, 4.69) is 9.97 Å². The number of aliphatic hydroxyl groups excluding tert-OH is 1. The number of ether oxygens (including phenoxy) is 2. The molecule has 1 saturated heterocycles. The van der Waals surface area contributed by atoms with Crippen LogP contribution in [0, 0.1) is 0 Å². The molecule has 1 unspecified atom stereocenters. The maximum atomic E-state index is 13.0.